The first-order chi connectivity index (χ1) is 7.88. The highest BCUT2D eigenvalue weighted by molar-refractivity contribution is 7.89. The van der Waals surface area contributed by atoms with E-state index in [0.717, 1.165) is 11.8 Å². The van der Waals surface area contributed by atoms with Gasteiger partial charge in [-0.15, -0.1) is 0 Å². The van der Waals surface area contributed by atoms with Crippen LogP contribution in [0.3, 0.4) is 0 Å². The molecule has 0 spiro atoms. The SMILES string of the molecule is CS(=O)(=O)NC(=O)[C@@H](N)CCc1ccccc1. The fraction of sp³-hybridized carbons (Fsp3) is 0.364. The van der Waals surface area contributed by atoms with Gasteiger partial charge in [0.15, 0.2) is 0 Å². The summed E-state index contributed by atoms with van der Waals surface area (Å²) in [4.78, 5) is 11.4. The molecule has 1 atom stereocenters. The molecule has 0 aliphatic rings. The molecular weight excluding hydrogens is 240 g/mol. The first kappa shape index (κ1) is 13.7. The number of amides is 1. The average Bonchev–Trinajstić information content (AvgIpc) is 2.25. The number of aryl methyl sites for hydroxylation is 1. The van der Waals surface area contributed by atoms with Crippen molar-refractivity contribution in [2.45, 2.75) is 18.9 Å². The summed E-state index contributed by atoms with van der Waals surface area (Å²) in [6, 6.07) is 8.75. The summed E-state index contributed by atoms with van der Waals surface area (Å²) in [5, 5.41) is 0. The molecule has 17 heavy (non-hydrogen) atoms. The number of hydrogen-bond acceptors (Lipinski definition) is 4. The van der Waals surface area contributed by atoms with Crippen LogP contribution in [0.15, 0.2) is 30.3 Å². The molecule has 0 bridgehead atoms. The molecule has 1 aromatic rings. The van der Waals surface area contributed by atoms with E-state index in [4.69, 9.17) is 5.73 Å². The summed E-state index contributed by atoms with van der Waals surface area (Å²) < 4.78 is 23.5. The summed E-state index contributed by atoms with van der Waals surface area (Å²) in [5.41, 5.74) is 6.66. The van der Waals surface area contributed by atoms with Gasteiger partial charge < -0.3 is 5.73 Å². The van der Waals surface area contributed by atoms with Gasteiger partial charge in [-0.3, -0.25) is 9.52 Å². The second-order valence-corrected chi connectivity index (χ2v) is 5.62. The number of carbonyl (C=O) groups excluding carboxylic acids is 1. The predicted octanol–water partition coefficient (Wildman–Crippen LogP) is 0.0223. The predicted molar refractivity (Wildman–Crippen MR) is 65.7 cm³/mol. The zero-order chi connectivity index (χ0) is 12.9. The lowest BCUT2D eigenvalue weighted by Crippen LogP contribution is -2.43. The van der Waals surface area contributed by atoms with E-state index >= 15 is 0 Å². The minimum absolute atomic E-state index is 0.408. The van der Waals surface area contributed by atoms with Crippen molar-refractivity contribution in [3.05, 3.63) is 35.9 Å². The van der Waals surface area contributed by atoms with Gasteiger partial charge >= 0.3 is 0 Å². The monoisotopic (exact) mass is 256 g/mol. The Kier molecular flexibility index (Phi) is 4.65. The minimum Gasteiger partial charge on any atom is -0.320 e. The number of nitrogens with two attached hydrogens (primary N) is 1. The van der Waals surface area contributed by atoms with E-state index in [1.165, 1.54) is 0 Å². The van der Waals surface area contributed by atoms with E-state index < -0.39 is 22.0 Å². The van der Waals surface area contributed by atoms with Crippen molar-refractivity contribution in [2.75, 3.05) is 6.26 Å². The van der Waals surface area contributed by atoms with Crippen molar-refractivity contribution in [2.24, 2.45) is 5.73 Å². The van der Waals surface area contributed by atoms with Crippen LogP contribution in [0.25, 0.3) is 0 Å². The van der Waals surface area contributed by atoms with Crippen molar-refractivity contribution in [1.82, 2.24) is 4.72 Å². The van der Waals surface area contributed by atoms with Crippen LogP contribution in [0.1, 0.15) is 12.0 Å². The van der Waals surface area contributed by atoms with Crippen LogP contribution < -0.4 is 10.5 Å². The smallest absolute Gasteiger partial charge is 0.250 e. The van der Waals surface area contributed by atoms with Crippen molar-refractivity contribution in [3.63, 3.8) is 0 Å². The molecule has 0 radical (unpaired) electrons. The number of nitrogens with one attached hydrogen (secondary N) is 1. The molecule has 0 aliphatic carbocycles. The summed E-state index contributed by atoms with van der Waals surface area (Å²) in [6.45, 7) is 0. The maximum atomic E-state index is 11.4. The van der Waals surface area contributed by atoms with Crippen LogP contribution in [0.5, 0.6) is 0 Å². The first-order valence-corrected chi connectivity index (χ1v) is 7.09. The lowest BCUT2D eigenvalue weighted by Gasteiger charge is -2.10. The van der Waals surface area contributed by atoms with Crippen LogP contribution in [0.4, 0.5) is 0 Å². The average molecular weight is 256 g/mol. The number of hydrogen-bond donors (Lipinski definition) is 2. The number of rotatable bonds is 5. The van der Waals surface area contributed by atoms with E-state index in [1.807, 2.05) is 35.1 Å². The molecule has 0 aliphatic heterocycles. The normalized spacial score (nSPS) is 13.1. The lowest BCUT2D eigenvalue weighted by molar-refractivity contribution is -0.120. The molecule has 0 saturated carbocycles. The summed E-state index contributed by atoms with van der Waals surface area (Å²) in [7, 11) is -3.53. The van der Waals surface area contributed by atoms with E-state index in [1.54, 1.807) is 0 Å². The van der Waals surface area contributed by atoms with Crippen molar-refractivity contribution >= 4 is 15.9 Å². The van der Waals surface area contributed by atoms with E-state index in [-0.39, 0.29) is 0 Å². The molecule has 1 rings (SSSR count). The third kappa shape index (κ3) is 5.46. The molecule has 1 aromatic carbocycles. The van der Waals surface area contributed by atoms with Crippen LogP contribution in [0, 0.1) is 0 Å². The number of sulfonamides is 1. The molecule has 0 heterocycles. The van der Waals surface area contributed by atoms with Crippen LogP contribution >= 0.6 is 0 Å². The van der Waals surface area contributed by atoms with Crippen molar-refractivity contribution < 1.29 is 13.2 Å². The fourth-order valence-electron chi connectivity index (χ4n) is 1.36. The van der Waals surface area contributed by atoms with Crippen LogP contribution in [-0.4, -0.2) is 26.6 Å². The van der Waals surface area contributed by atoms with Gasteiger partial charge in [0.05, 0.1) is 12.3 Å². The molecule has 1 amide bonds. The minimum atomic E-state index is -3.53. The maximum Gasteiger partial charge on any atom is 0.250 e. The Bertz CT molecular complexity index is 471. The highest BCUT2D eigenvalue weighted by atomic mass is 32.2. The second-order valence-electron chi connectivity index (χ2n) is 3.87. The standard InChI is InChI=1S/C11H16N2O3S/c1-17(15,16)13-11(14)10(12)8-7-9-5-3-2-4-6-9/h2-6,10H,7-8,12H2,1H3,(H,13,14)/t10-/m0/s1. The molecule has 0 unspecified atom stereocenters. The van der Waals surface area contributed by atoms with Crippen LogP contribution in [-0.2, 0) is 21.2 Å². The van der Waals surface area contributed by atoms with Crippen molar-refractivity contribution in [1.29, 1.82) is 0 Å². The second kappa shape index (κ2) is 5.79. The molecular formula is C11H16N2O3S. The lowest BCUT2D eigenvalue weighted by atomic mass is 10.1. The Hall–Kier alpha value is -1.40. The summed E-state index contributed by atoms with van der Waals surface area (Å²) in [6.07, 6.45) is 1.97. The molecule has 0 saturated heterocycles. The zero-order valence-electron chi connectivity index (χ0n) is 9.59. The van der Waals surface area contributed by atoms with Gasteiger partial charge in [-0.05, 0) is 18.4 Å². The highest BCUT2D eigenvalue weighted by Crippen LogP contribution is 2.04. The van der Waals surface area contributed by atoms with Gasteiger partial charge in [0.1, 0.15) is 0 Å². The third-order valence-electron chi connectivity index (χ3n) is 2.21. The Labute approximate surface area is 101 Å². The Morgan fingerprint density at radius 2 is 1.94 bits per heavy atom. The van der Waals surface area contributed by atoms with E-state index in [2.05, 4.69) is 0 Å². The van der Waals surface area contributed by atoms with Gasteiger partial charge in [-0.2, -0.15) is 0 Å². The number of benzene rings is 1. The molecule has 0 fully saturated rings. The van der Waals surface area contributed by atoms with Gasteiger partial charge in [-0.25, -0.2) is 8.42 Å². The molecule has 3 N–H and O–H groups in total. The fourth-order valence-corrected chi connectivity index (χ4v) is 1.87. The Balaban J connectivity index is 2.45. The third-order valence-corrected chi connectivity index (χ3v) is 2.78. The van der Waals surface area contributed by atoms with Gasteiger partial charge in [0.2, 0.25) is 15.9 Å². The highest BCUT2D eigenvalue weighted by Gasteiger charge is 2.16. The van der Waals surface area contributed by atoms with Crippen molar-refractivity contribution in [3.8, 4) is 0 Å². The van der Waals surface area contributed by atoms with E-state index in [9.17, 15) is 13.2 Å². The topological polar surface area (TPSA) is 89.3 Å². The summed E-state index contributed by atoms with van der Waals surface area (Å²) in [5.74, 6) is -0.663. The Morgan fingerprint density at radius 1 is 1.35 bits per heavy atom. The molecule has 5 nitrogen and oxygen atoms in total. The van der Waals surface area contributed by atoms with Gasteiger partial charge in [0, 0.05) is 0 Å². The maximum absolute atomic E-state index is 11.4. The quantitative estimate of drug-likeness (QED) is 0.777. The van der Waals surface area contributed by atoms with Gasteiger partial charge in [0.25, 0.3) is 0 Å². The molecule has 0 aromatic heterocycles. The largest absolute Gasteiger partial charge is 0.320 e. The van der Waals surface area contributed by atoms with Gasteiger partial charge in [-0.1, -0.05) is 30.3 Å². The van der Waals surface area contributed by atoms with Crippen LogP contribution in [0.2, 0.25) is 0 Å². The van der Waals surface area contributed by atoms with E-state index in [0.29, 0.717) is 12.8 Å². The first-order valence-electron chi connectivity index (χ1n) is 5.19. The number of carbonyl (C=O) groups is 1. The molecule has 6 heteroatoms. The zero-order valence-corrected chi connectivity index (χ0v) is 10.4. The molecule has 94 valence electrons. The summed E-state index contributed by atoms with van der Waals surface area (Å²) >= 11 is 0. The Morgan fingerprint density at radius 3 is 2.47 bits per heavy atom.